The molecule has 0 bridgehead atoms. The lowest BCUT2D eigenvalue weighted by atomic mass is 9.91. The van der Waals surface area contributed by atoms with Crippen molar-refractivity contribution in [1.29, 1.82) is 0 Å². The van der Waals surface area contributed by atoms with Gasteiger partial charge in [0.25, 0.3) is 5.91 Å². The molecule has 1 aliphatic heterocycles. The molecule has 0 radical (unpaired) electrons. The van der Waals surface area contributed by atoms with Crippen molar-refractivity contribution < 1.29 is 17.9 Å². The van der Waals surface area contributed by atoms with Crippen molar-refractivity contribution >= 4 is 27.5 Å². The van der Waals surface area contributed by atoms with Crippen LogP contribution in [0.2, 0.25) is 5.02 Å². The predicted molar refractivity (Wildman–Crippen MR) is 128 cm³/mol. The van der Waals surface area contributed by atoms with Gasteiger partial charge in [-0.05, 0) is 29.3 Å². The fraction of sp³-hybridized carbons (Fsp3) is 0.240. The number of amides is 1. The van der Waals surface area contributed by atoms with Crippen LogP contribution in [0.15, 0.2) is 83.8 Å². The molecule has 0 aliphatic carbocycles. The minimum absolute atomic E-state index is 0.0415. The maximum atomic E-state index is 13.1. The largest absolute Gasteiger partial charge is 0.379 e. The zero-order valence-corrected chi connectivity index (χ0v) is 19.6. The van der Waals surface area contributed by atoms with Crippen LogP contribution in [0.4, 0.5) is 0 Å². The standard InChI is InChI=1S/C25H25ClN2O4S/c26-23-12-11-21(17-24(23)33(30,31)28-13-15-32-16-14-28)25(29)27-18-22(19-7-3-1-4-8-19)20-9-5-2-6-10-20/h1-12,17,22H,13-16,18H2,(H,27,29). The van der Waals surface area contributed by atoms with E-state index in [1.807, 2.05) is 60.7 Å². The SMILES string of the molecule is O=C(NCC(c1ccccc1)c1ccccc1)c1ccc(Cl)c(S(=O)(=O)N2CCOCC2)c1. The molecule has 33 heavy (non-hydrogen) atoms. The van der Waals surface area contributed by atoms with E-state index in [0.717, 1.165) is 11.1 Å². The third-order valence-corrected chi connectivity index (χ3v) is 8.03. The molecule has 8 heteroatoms. The Kier molecular flexibility index (Phi) is 7.45. The van der Waals surface area contributed by atoms with Crippen LogP contribution in [0, 0.1) is 0 Å². The molecule has 1 aliphatic rings. The fourth-order valence-electron chi connectivity index (χ4n) is 3.86. The summed E-state index contributed by atoms with van der Waals surface area (Å²) in [5.41, 5.74) is 2.40. The second-order valence-corrected chi connectivity index (χ2v) is 10.1. The molecule has 0 unspecified atom stereocenters. The number of hydrogen-bond acceptors (Lipinski definition) is 4. The summed E-state index contributed by atoms with van der Waals surface area (Å²) in [5.74, 6) is -0.401. The molecule has 1 saturated heterocycles. The number of carbonyl (C=O) groups is 1. The second-order valence-electron chi connectivity index (χ2n) is 7.75. The van der Waals surface area contributed by atoms with E-state index >= 15 is 0 Å². The Morgan fingerprint density at radius 3 is 2.09 bits per heavy atom. The highest BCUT2D eigenvalue weighted by molar-refractivity contribution is 7.89. The molecule has 1 heterocycles. The minimum atomic E-state index is -3.82. The fourth-order valence-corrected chi connectivity index (χ4v) is 5.77. The summed E-state index contributed by atoms with van der Waals surface area (Å²) in [4.78, 5) is 12.9. The number of benzene rings is 3. The first-order chi connectivity index (χ1) is 16.0. The minimum Gasteiger partial charge on any atom is -0.379 e. The molecule has 1 amide bonds. The van der Waals surface area contributed by atoms with Gasteiger partial charge in [-0.1, -0.05) is 72.3 Å². The molecule has 0 atom stereocenters. The van der Waals surface area contributed by atoms with E-state index in [0.29, 0.717) is 19.8 Å². The summed E-state index contributed by atoms with van der Waals surface area (Å²) in [6.45, 7) is 1.53. The van der Waals surface area contributed by atoms with Crippen molar-refractivity contribution in [3.05, 3.63) is 101 Å². The van der Waals surface area contributed by atoms with Crippen molar-refractivity contribution in [1.82, 2.24) is 9.62 Å². The van der Waals surface area contributed by atoms with Gasteiger partial charge in [-0.15, -0.1) is 0 Å². The number of morpholine rings is 1. The number of nitrogens with one attached hydrogen (secondary N) is 1. The van der Waals surface area contributed by atoms with Gasteiger partial charge in [0, 0.05) is 31.1 Å². The zero-order chi connectivity index (χ0) is 23.3. The summed E-state index contributed by atoms with van der Waals surface area (Å²) < 4.78 is 32.7. The highest BCUT2D eigenvalue weighted by Crippen LogP contribution is 2.27. The lowest BCUT2D eigenvalue weighted by molar-refractivity contribution is 0.0730. The van der Waals surface area contributed by atoms with Crippen LogP contribution in [-0.4, -0.2) is 51.5 Å². The van der Waals surface area contributed by atoms with Crippen LogP contribution >= 0.6 is 11.6 Å². The Labute approximate surface area is 199 Å². The number of halogens is 1. The molecule has 0 saturated carbocycles. The number of sulfonamides is 1. The molecule has 172 valence electrons. The van der Waals surface area contributed by atoms with Gasteiger partial charge < -0.3 is 10.1 Å². The van der Waals surface area contributed by atoms with Crippen LogP contribution in [0.1, 0.15) is 27.4 Å². The Morgan fingerprint density at radius 2 is 1.52 bits per heavy atom. The first-order valence-corrected chi connectivity index (χ1v) is 12.5. The average molecular weight is 485 g/mol. The lowest BCUT2D eigenvalue weighted by Crippen LogP contribution is -2.40. The first kappa shape index (κ1) is 23.4. The van der Waals surface area contributed by atoms with E-state index in [1.54, 1.807) is 0 Å². The Balaban J connectivity index is 1.55. The molecule has 0 spiro atoms. The summed E-state index contributed by atoms with van der Waals surface area (Å²) >= 11 is 6.22. The third kappa shape index (κ3) is 5.45. The van der Waals surface area contributed by atoms with Crippen molar-refractivity contribution in [2.45, 2.75) is 10.8 Å². The van der Waals surface area contributed by atoms with Gasteiger partial charge >= 0.3 is 0 Å². The summed E-state index contributed by atoms with van der Waals surface area (Å²) in [7, 11) is -3.82. The van der Waals surface area contributed by atoms with Gasteiger partial charge in [0.1, 0.15) is 4.90 Å². The van der Waals surface area contributed by atoms with Crippen molar-refractivity contribution in [2.24, 2.45) is 0 Å². The van der Waals surface area contributed by atoms with Crippen LogP contribution in [-0.2, 0) is 14.8 Å². The number of rotatable bonds is 7. The van der Waals surface area contributed by atoms with Gasteiger partial charge in [-0.25, -0.2) is 8.42 Å². The Hall–Kier alpha value is -2.71. The highest BCUT2D eigenvalue weighted by atomic mass is 35.5. The zero-order valence-electron chi connectivity index (χ0n) is 18.0. The van der Waals surface area contributed by atoms with Crippen molar-refractivity contribution in [2.75, 3.05) is 32.8 Å². The molecule has 0 aromatic heterocycles. The topological polar surface area (TPSA) is 75.7 Å². The maximum Gasteiger partial charge on any atom is 0.251 e. The molecular weight excluding hydrogens is 460 g/mol. The number of nitrogens with zero attached hydrogens (tertiary/aromatic N) is 1. The van der Waals surface area contributed by atoms with Crippen LogP contribution in [0.3, 0.4) is 0 Å². The Bertz CT molecular complexity index is 1160. The van der Waals surface area contributed by atoms with E-state index in [1.165, 1.54) is 22.5 Å². The lowest BCUT2D eigenvalue weighted by Gasteiger charge is -2.26. The van der Waals surface area contributed by atoms with Crippen molar-refractivity contribution in [3.8, 4) is 0 Å². The predicted octanol–water partition coefficient (Wildman–Crippen LogP) is 3.92. The van der Waals surface area contributed by atoms with Crippen LogP contribution < -0.4 is 5.32 Å². The molecule has 1 N–H and O–H groups in total. The molecule has 6 nitrogen and oxygen atoms in total. The van der Waals surface area contributed by atoms with E-state index in [4.69, 9.17) is 16.3 Å². The quantitative estimate of drug-likeness (QED) is 0.551. The van der Waals surface area contributed by atoms with Crippen molar-refractivity contribution in [3.63, 3.8) is 0 Å². The van der Waals surface area contributed by atoms with Gasteiger partial charge in [0.2, 0.25) is 10.0 Å². The summed E-state index contributed by atoms with van der Waals surface area (Å²) in [6, 6.07) is 24.2. The van der Waals surface area contributed by atoms with E-state index in [-0.39, 0.29) is 40.4 Å². The van der Waals surface area contributed by atoms with Gasteiger partial charge in [0.05, 0.1) is 18.2 Å². The molecule has 3 aromatic carbocycles. The molecule has 4 rings (SSSR count). The molecule has 1 fully saturated rings. The Morgan fingerprint density at radius 1 is 0.939 bits per heavy atom. The first-order valence-electron chi connectivity index (χ1n) is 10.7. The van der Waals surface area contributed by atoms with Gasteiger partial charge in [-0.3, -0.25) is 4.79 Å². The molecule has 3 aromatic rings. The van der Waals surface area contributed by atoms with E-state index in [9.17, 15) is 13.2 Å². The summed E-state index contributed by atoms with van der Waals surface area (Å²) in [5, 5.41) is 3.05. The smallest absolute Gasteiger partial charge is 0.251 e. The molecular formula is C25H25ClN2O4S. The third-order valence-electron chi connectivity index (χ3n) is 5.65. The normalized spacial score (nSPS) is 14.8. The number of carbonyl (C=O) groups excluding carboxylic acids is 1. The van der Waals surface area contributed by atoms with E-state index in [2.05, 4.69) is 5.32 Å². The highest BCUT2D eigenvalue weighted by Gasteiger charge is 2.29. The number of hydrogen-bond donors (Lipinski definition) is 1. The summed E-state index contributed by atoms with van der Waals surface area (Å²) in [6.07, 6.45) is 0. The van der Waals surface area contributed by atoms with Crippen LogP contribution in [0.5, 0.6) is 0 Å². The van der Waals surface area contributed by atoms with Crippen LogP contribution in [0.25, 0.3) is 0 Å². The average Bonchev–Trinajstić information content (AvgIpc) is 2.86. The second kappa shape index (κ2) is 10.5. The number of ether oxygens (including phenoxy) is 1. The van der Waals surface area contributed by atoms with E-state index < -0.39 is 10.0 Å². The monoisotopic (exact) mass is 484 g/mol. The maximum absolute atomic E-state index is 13.1. The van der Waals surface area contributed by atoms with Gasteiger partial charge in [-0.2, -0.15) is 4.31 Å². The van der Waals surface area contributed by atoms with Gasteiger partial charge in [0.15, 0.2) is 0 Å².